The first-order valence-corrected chi connectivity index (χ1v) is 10.4. The van der Waals surface area contributed by atoms with Gasteiger partial charge in [0, 0.05) is 11.5 Å². The zero-order chi connectivity index (χ0) is 21.2. The van der Waals surface area contributed by atoms with Crippen LogP contribution in [-0.4, -0.2) is 13.2 Å². The number of fused-ring (bicyclic) bond motifs is 3. The SMILES string of the molecule is COc1ccc2c3c(c(=O)oc2c1)C(C)(CCC=C(C)CCC=C(C)C)C(C)O3. The molecule has 4 heteroatoms. The van der Waals surface area contributed by atoms with Crippen LogP contribution in [-0.2, 0) is 5.41 Å². The highest BCUT2D eigenvalue weighted by atomic mass is 16.5. The third-order valence-electron chi connectivity index (χ3n) is 6.08. The summed E-state index contributed by atoms with van der Waals surface area (Å²) in [5.41, 5.74) is 3.22. The molecule has 0 fully saturated rings. The molecule has 1 aliphatic heterocycles. The fourth-order valence-corrected chi connectivity index (χ4v) is 4.04. The van der Waals surface area contributed by atoms with Crippen molar-refractivity contribution in [1.29, 1.82) is 0 Å². The van der Waals surface area contributed by atoms with E-state index in [-0.39, 0.29) is 17.1 Å². The summed E-state index contributed by atoms with van der Waals surface area (Å²) in [6, 6.07) is 5.51. The number of methoxy groups -OCH3 is 1. The number of benzene rings is 1. The molecule has 29 heavy (non-hydrogen) atoms. The van der Waals surface area contributed by atoms with Gasteiger partial charge in [0.2, 0.25) is 0 Å². The van der Waals surface area contributed by atoms with Crippen LogP contribution in [0, 0.1) is 0 Å². The summed E-state index contributed by atoms with van der Waals surface area (Å²) in [7, 11) is 1.59. The van der Waals surface area contributed by atoms with Gasteiger partial charge in [-0.3, -0.25) is 0 Å². The van der Waals surface area contributed by atoms with Gasteiger partial charge in [0.05, 0.1) is 18.1 Å². The van der Waals surface area contributed by atoms with E-state index in [1.807, 2.05) is 19.1 Å². The Morgan fingerprint density at radius 2 is 1.97 bits per heavy atom. The maximum absolute atomic E-state index is 12.9. The topological polar surface area (TPSA) is 48.7 Å². The van der Waals surface area contributed by atoms with Gasteiger partial charge in [0.25, 0.3) is 0 Å². The first-order chi connectivity index (χ1) is 13.8. The Balaban J connectivity index is 1.85. The molecule has 4 nitrogen and oxygen atoms in total. The standard InChI is InChI=1S/C25H32O4/c1-16(2)9-7-10-17(3)11-8-14-25(5)18(4)28-23-20-13-12-19(27-6)15-21(20)29-24(26)22(23)25/h9,11-13,15,18H,7-8,10,14H2,1-6H3. The van der Waals surface area contributed by atoms with Crippen LogP contribution in [0.4, 0.5) is 0 Å². The van der Waals surface area contributed by atoms with Crippen molar-refractivity contribution in [1.82, 2.24) is 0 Å². The fourth-order valence-electron chi connectivity index (χ4n) is 4.04. The molecular formula is C25H32O4. The summed E-state index contributed by atoms with van der Waals surface area (Å²) < 4.78 is 17.1. The minimum absolute atomic E-state index is 0.0903. The maximum Gasteiger partial charge on any atom is 0.343 e. The van der Waals surface area contributed by atoms with E-state index in [4.69, 9.17) is 13.9 Å². The minimum atomic E-state index is -0.374. The van der Waals surface area contributed by atoms with Crippen molar-refractivity contribution >= 4 is 11.0 Å². The van der Waals surface area contributed by atoms with Crippen molar-refractivity contribution in [2.24, 2.45) is 0 Å². The molecule has 2 aromatic rings. The molecule has 0 saturated carbocycles. The lowest BCUT2D eigenvalue weighted by atomic mass is 9.76. The van der Waals surface area contributed by atoms with Crippen LogP contribution >= 0.6 is 0 Å². The van der Waals surface area contributed by atoms with Crippen LogP contribution in [0.25, 0.3) is 11.0 Å². The molecule has 1 aromatic carbocycles. The van der Waals surface area contributed by atoms with Gasteiger partial charge in [-0.25, -0.2) is 4.79 Å². The van der Waals surface area contributed by atoms with E-state index in [0.717, 1.165) is 31.1 Å². The Hall–Kier alpha value is -2.49. The number of ether oxygens (including phenoxy) is 2. The summed E-state index contributed by atoms with van der Waals surface area (Å²) in [6.07, 6.45) is 8.36. The Bertz CT molecular complexity index is 1010. The lowest BCUT2D eigenvalue weighted by Crippen LogP contribution is -2.35. The average Bonchev–Trinajstić information content (AvgIpc) is 2.92. The smallest absolute Gasteiger partial charge is 0.343 e. The van der Waals surface area contributed by atoms with E-state index in [1.54, 1.807) is 13.2 Å². The largest absolute Gasteiger partial charge is 0.497 e. The zero-order valence-corrected chi connectivity index (χ0v) is 18.4. The van der Waals surface area contributed by atoms with E-state index in [2.05, 4.69) is 39.8 Å². The van der Waals surface area contributed by atoms with Crippen molar-refractivity contribution < 1.29 is 13.9 Å². The van der Waals surface area contributed by atoms with Gasteiger partial charge in [-0.15, -0.1) is 0 Å². The second kappa shape index (κ2) is 8.48. The second-order valence-electron chi connectivity index (χ2n) is 8.54. The molecule has 0 amide bonds. The predicted octanol–water partition coefficient (Wildman–Crippen LogP) is 6.31. The van der Waals surface area contributed by atoms with Crippen LogP contribution < -0.4 is 15.1 Å². The van der Waals surface area contributed by atoms with Crippen LogP contribution in [0.5, 0.6) is 11.5 Å². The molecule has 2 atom stereocenters. The molecule has 2 unspecified atom stereocenters. The van der Waals surface area contributed by atoms with Gasteiger partial charge in [-0.2, -0.15) is 0 Å². The highest BCUT2D eigenvalue weighted by Crippen LogP contribution is 2.47. The van der Waals surface area contributed by atoms with Gasteiger partial charge in [-0.05, 0) is 65.5 Å². The Morgan fingerprint density at radius 1 is 1.21 bits per heavy atom. The van der Waals surface area contributed by atoms with Gasteiger partial charge in [0.1, 0.15) is 23.2 Å². The summed E-state index contributed by atoms with van der Waals surface area (Å²) in [5.74, 6) is 1.32. The van der Waals surface area contributed by atoms with Gasteiger partial charge >= 0.3 is 5.63 Å². The number of hydrogen-bond acceptors (Lipinski definition) is 4. The fraction of sp³-hybridized carbons (Fsp3) is 0.480. The molecule has 0 aliphatic carbocycles. The van der Waals surface area contributed by atoms with Crippen LogP contribution in [0.3, 0.4) is 0 Å². The minimum Gasteiger partial charge on any atom is -0.497 e. The molecule has 0 saturated heterocycles. The molecule has 1 aromatic heterocycles. The highest BCUT2D eigenvalue weighted by molar-refractivity contribution is 5.86. The number of hydrogen-bond donors (Lipinski definition) is 0. The van der Waals surface area contributed by atoms with Crippen LogP contribution in [0.15, 0.2) is 50.7 Å². The van der Waals surface area contributed by atoms with Crippen LogP contribution in [0.1, 0.15) is 65.9 Å². The van der Waals surface area contributed by atoms with E-state index in [9.17, 15) is 4.79 Å². The quantitative estimate of drug-likeness (QED) is 0.406. The maximum atomic E-state index is 12.9. The van der Waals surface area contributed by atoms with Gasteiger partial charge in [0.15, 0.2) is 0 Å². The number of rotatable bonds is 7. The summed E-state index contributed by atoms with van der Waals surface area (Å²) in [5, 5.41) is 0.824. The molecular weight excluding hydrogens is 364 g/mol. The third-order valence-corrected chi connectivity index (χ3v) is 6.08. The first kappa shape index (κ1) is 21.2. The molecule has 0 N–H and O–H groups in total. The lowest BCUT2D eigenvalue weighted by Gasteiger charge is -2.26. The summed E-state index contributed by atoms with van der Waals surface area (Å²) >= 11 is 0. The average molecular weight is 397 g/mol. The van der Waals surface area contributed by atoms with Crippen molar-refractivity contribution in [3.8, 4) is 11.5 Å². The molecule has 156 valence electrons. The van der Waals surface area contributed by atoms with Crippen molar-refractivity contribution in [3.63, 3.8) is 0 Å². The molecule has 0 radical (unpaired) electrons. The van der Waals surface area contributed by atoms with Crippen molar-refractivity contribution in [2.75, 3.05) is 7.11 Å². The van der Waals surface area contributed by atoms with E-state index in [0.29, 0.717) is 22.6 Å². The monoisotopic (exact) mass is 396 g/mol. The molecule has 0 spiro atoms. The Kier molecular flexibility index (Phi) is 6.21. The molecule has 0 bridgehead atoms. The van der Waals surface area contributed by atoms with E-state index >= 15 is 0 Å². The van der Waals surface area contributed by atoms with Gasteiger partial charge in [-0.1, -0.05) is 30.2 Å². The normalized spacial score (nSPS) is 21.0. The van der Waals surface area contributed by atoms with Crippen molar-refractivity contribution in [3.05, 3.63) is 57.5 Å². The predicted molar refractivity (Wildman–Crippen MR) is 118 cm³/mol. The zero-order valence-electron chi connectivity index (χ0n) is 18.4. The molecule has 2 heterocycles. The Labute approximate surface area is 173 Å². The lowest BCUT2D eigenvalue weighted by molar-refractivity contribution is 0.169. The summed E-state index contributed by atoms with van der Waals surface area (Å²) in [4.78, 5) is 12.9. The molecule has 3 rings (SSSR count). The van der Waals surface area contributed by atoms with Crippen molar-refractivity contribution in [2.45, 2.75) is 71.8 Å². The third kappa shape index (κ3) is 4.26. The van der Waals surface area contributed by atoms with E-state index < -0.39 is 0 Å². The van der Waals surface area contributed by atoms with E-state index in [1.165, 1.54) is 11.1 Å². The molecule has 1 aliphatic rings. The second-order valence-corrected chi connectivity index (χ2v) is 8.54. The first-order valence-electron chi connectivity index (χ1n) is 10.4. The Morgan fingerprint density at radius 3 is 2.66 bits per heavy atom. The van der Waals surface area contributed by atoms with Crippen LogP contribution in [0.2, 0.25) is 0 Å². The summed E-state index contributed by atoms with van der Waals surface area (Å²) in [6.45, 7) is 10.6. The van der Waals surface area contributed by atoms with Gasteiger partial charge < -0.3 is 13.9 Å². The number of allylic oxidation sites excluding steroid dienone is 4. The highest BCUT2D eigenvalue weighted by Gasteiger charge is 2.46.